The van der Waals surface area contributed by atoms with E-state index in [1.807, 2.05) is 0 Å². The molecule has 0 saturated heterocycles. The average molecular weight is 460 g/mol. The number of amides is 1. The fourth-order valence-electron chi connectivity index (χ4n) is 6.36. The van der Waals surface area contributed by atoms with E-state index in [9.17, 15) is 28.1 Å². The fraction of sp³-hybridized carbons (Fsp3) is 0.458. The maximum absolute atomic E-state index is 13.3. The molecule has 4 aliphatic rings. The van der Waals surface area contributed by atoms with Gasteiger partial charge in [-0.1, -0.05) is 12.1 Å². The maximum atomic E-state index is 13.3. The molecule has 33 heavy (non-hydrogen) atoms. The number of alkyl halides is 3. The smallest absolute Gasteiger partial charge is 0.416 e. The van der Waals surface area contributed by atoms with Crippen LogP contribution in [0.4, 0.5) is 18.9 Å². The second-order valence-electron chi connectivity index (χ2n) is 9.69. The molecule has 6 rings (SSSR count). The van der Waals surface area contributed by atoms with Crippen LogP contribution in [0.5, 0.6) is 11.5 Å². The number of para-hydroxylation sites is 1. The second kappa shape index (κ2) is 7.74. The standard InChI is InChI=1S/C24H23F3N2O4/c25-24(26,27)17-5-6-21(19(10-17)29(31)32)33-20-4-2-1-3-18(20)22(30)28-23-11-14-7-15(12-23)9-16(8-14)13-23/h1-6,10,14-16H,7-9,11-13H2,(H,28,30). The Morgan fingerprint density at radius 3 is 2.18 bits per heavy atom. The Hall–Kier alpha value is -3.10. The van der Waals surface area contributed by atoms with Gasteiger partial charge in [-0.05, 0) is 80.5 Å². The van der Waals surface area contributed by atoms with Gasteiger partial charge in [0.15, 0.2) is 0 Å². The summed E-state index contributed by atoms with van der Waals surface area (Å²) in [5.41, 5.74) is -2.00. The third-order valence-electron chi connectivity index (χ3n) is 7.25. The van der Waals surface area contributed by atoms with Gasteiger partial charge >= 0.3 is 11.9 Å². The molecule has 4 bridgehead atoms. The predicted molar refractivity (Wildman–Crippen MR) is 113 cm³/mol. The highest BCUT2D eigenvalue weighted by molar-refractivity contribution is 5.97. The van der Waals surface area contributed by atoms with Crippen molar-refractivity contribution in [3.8, 4) is 11.5 Å². The summed E-state index contributed by atoms with van der Waals surface area (Å²) < 4.78 is 44.6. The number of carbonyl (C=O) groups is 1. The van der Waals surface area contributed by atoms with Gasteiger partial charge in [-0.3, -0.25) is 14.9 Å². The zero-order valence-electron chi connectivity index (χ0n) is 17.7. The fourth-order valence-corrected chi connectivity index (χ4v) is 6.36. The Labute approximate surface area is 188 Å². The lowest BCUT2D eigenvalue weighted by Gasteiger charge is -2.56. The number of nitro groups is 1. The lowest BCUT2D eigenvalue weighted by molar-refractivity contribution is -0.385. The van der Waals surface area contributed by atoms with Gasteiger partial charge in [-0.15, -0.1) is 0 Å². The van der Waals surface area contributed by atoms with E-state index in [1.165, 1.54) is 25.3 Å². The van der Waals surface area contributed by atoms with Gasteiger partial charge in [0.1, 0.15) is 5.75 Å². The predicted octanol–water partition coefficient (Wildman–Crippen LogP) is 6.10. The molecule has 174 valence electrons. The highest BCUT2D eigenvalue weighted by atomic mass is 19.4. The van der Waals surface area contributed by atoms with Crippen LogP contribution in [0.1, 0.15) is 54.4 Å². The monoisotopic (exact) mass is 460 g/mol. The summed E-state index contributed by atoms with van der Waals surface area (Å²) in [7, 11) is 0. The van der Waals surface area contributed by atoms with E-state index >= 15 is 0 Å². The van der Waals surface area contributed by atoms with Crippen LogP contribution in [0, 0.1) is 27.9 Å². The van der Waals surface area contributed by atoms with Crippen molar-refractivity contribution in [3.05, 3.63) is 63.7 Å². The van der Waals surface area contributed by atoms with Crippen molar-refractivity contribution in [1.29, 1.82) is 0 Å². The minimum Gasteiger partial charge on any atom is -0.449 e. The molecule has 2 aromatic carbocycles. The van der Waals surface area contributed by atoms with Gasteiger partial charge in [0.25, 0.3) is 5.91 Å². The van der Waals surface area contributed by atoms with Crippen LogP contribution < -0.4 is 10.1 Å². The molecule has 1 N–H and O–H groups in total. The summed E-state index contributed by atoms with van der Waals surface area (Å²) in [5.74, 6) is 1.28. The topological polar surface area (TPSA) is 81.5 Å². The zero-order chi connectivity index (χ0) is 23.4. The zero-order valence-corrected chi connectivity index (χ0v) is 17.7. The molecule has 0 heterocycles. The first kappa shape index (κ1) is 21.7. The van der Waals surface area contributed by atoms with Gasteiger partial charge in [-0.2, -0.15) is 13.2 Å². The van der Waals surface area contributed by atoms with Crippen molar-refractivity contribution >= 4 is 11.6 Å². The van der Waals surface area contributed by atoms with E-state index in [0.717, 1.165) is 31.4 Å². The van der Waals surface area contributed by atoms with E-state index in [2.05, 4.69) is 5.32 Å². The molecule has 6 nitrogen and oxygen atoms in total. The highest BCUT2D eigenvalue weighted by Crippen LogP contribution is 2.55. The first-order chi connectivity index (χ1) is 15.6. The Morgan fingerprint density at radius 2 is 1.61 bits per heavy atom. The van der Waals surface area contributed by atoms with Crippen LogP contribution in [-0.2, 0) is 6.18 Å². The van der Waals surface area contributed by atoms with Crippen molar-refractivity contribution < 1.29 is 27.6 Å². The first-order valence-corrected chi connectivity index (χ1v) is 11.1. The molecule has 0 aromatic heterocycles. The molecular weight excluding hydrogens is 437 g/mol. The minimum absolute atomic E-state index is 0.0580. The van der Waals surface area contributed by atoms with Crippen LogP contribution in [0.3, 0.4) is 0 Å². The van der Waals surface area contributed by atoms with Gasteiger partial charge in [0, 0.05) is 11.6 Å². The van der Waals surface area contributed by atoms with Gasteiger partial charge in [-0.25, -0.2) is 0 Å². The number of nitrogens with one attached hydrogen (secondary N) is 1. The summed E-state index contributed by atoms with van der Waals surface area (Å²) in [4.78, 5) is 23.7. The third kappa shape index (κ3) is 4.16. The van der Waals surface area contributed by atoms with E-state index in [0.29, 0.717) is 23.8 Å². The second-order valence-corrected chi connectivity index (χ2v) is 9.69. The first-order valence-electron chi connectivity index (χ1n) is 11.1. The van der Waals surface area contributed by atoms with Crippen LogP contribution in [0.2, 0.25) is 0 Å². The number of hydrogen-bond donors (Lipinski definition) is 1. The average Bonchev–Trinajstić information content (AvgIpc) is 2.72. The molecule has 2 aromatic rings. The molecule has 0 aliphatic heterocycles. The van der Waals surface area contributed by atoms with Crippen molar-refractivity contribution in [2.45, 2.75) is 50.2 Å². The number of hydrogen-bond acceptors (Lipinski definition) is 4. The lowest BCUT2D eigenvalue weighted by Crippen LogP contribution is -2.59. The summed E-state index contributed by atoms with van der Waals surface area (Å²) in [6.07, 6.45) is 1.83. The number of halogens is 3. The molecule has 0 spiro atoms. The lowest BCUT2D eigenvalue weighted by atomic mass is 9.53. The molecule has 0 atom stereocenters. The van der Waals surface area contributed by atoms with Crippen molar-refractivity contribution in [1.82, 2.24) is 5.32 Å². The Balaban J connectivity index is 1.41. The summed E-state index contributed by atoms with van der Waals surface area (Å²) in [6, 6.07) is 8.37. The van der Waals surface area contributed by atoms with E-state index in [-0.39, 0.29) is 28.5 Å². The molecule has 4 aliphatic carbocycles. The molecule has 1 amide bonds. The van der Waals surface area contributed by atoms with Crippen LogP contribution in [0.15, 0.2) is 42.5 Å². The van der Waals surface area contributed by atoms with E-state index in [1.54, 1.807) is 18.2 Å². The summed E-state index contributed by atoms with van der Waals surface area (Å²) in [6.45, 7) is 0. The largest absolute Gasteiger partial charge is 0.449 e. The molecule has 9 heteroatoms. The van der Waals surface area contributed by atoms with Crippen molar-refractivity contribution in [3.63, 3.8) is 0 Å². The highest BCUT2D eigenvalue weighted by Gasteiger charge is 2.51. The van der Waals surface area contributed by atoms with Gasteiger partial charge in [0.2, 0.25) is 5.75 Å². The molecule has 0 radical (unpaired) electrons. The number of rotatable bonds is 5. The normalized spacial score (nSPS) is 27.9. The summed E-state index contributed by atoms with van der Waals surface area (Å²) >= 11 is 0. The molecular formula is C24H23F3N2O4. The third-order valence-corrected chi connectivity index (χ3v) is 7.25. The Kier molecular flexibility index (Phi) is 5.10. The van der Waals surface area contributed by atoms with E-state index in [4.69, 9.17) is 4.74 Å². The van der Waals surface area contributed by atoms with E-state index < -0.39 is 22.4 Å². The number of benzene rings is 2. The quantitative estimate of drug-likeness (QED) is 0.432. The van der Waals surface area contributed by atoms with Crippen molar-refractivity contribution in [2.24, 2.45) is 17.8 Å². The van der Waals surface area contributed by atoms with Crippen LogP contribution in [-0.4, -0.2) is 16.4 Å². The van der Waals surface area contributed by atoms with Crippen LogP contribution in [0.25, 0.3) is 0 Å². The molecule has 4 saturated carbocycles. The number of ether oxygens (including phenoxy) is 1. The number of carbonyl (C=O) groups excluding carboxylic acids is 1. The van der Waals surface area contributed by atoms with Gasteiger partial charge in [0.05, 0.1) is 16.1 Å². The Morgan fingerprint density at radius 1 is 1.00 bits per heavy atom. The van der Waals surface area contributed by atoms with Crippen LogP contribution >= 0.6 is 0 Å². The number of nitrogens with zero attached hydrogens (tertiary/aromatic N) is 1. The SMILES string of the molecule is O=C(NC12CC3CC(CC(C3)C1)C2)c1ccccc1Oc1ccc(C(F)(F)F)cc1[N+](=O)[O-]. The maximum Gasteiger partial charge on any atom is 0.416 e. The van der Waals surface area contributed by atoms with Gasteiger partial charge < -0.3 is 10.1 Å². The Bertz CT molecular complexity index is 1080. The summed E-state index contributed by atoms with van der Waals surface area (Å²) in [5, 5.41) is 14.6. The molecule has 0 unspecified atom stereocenters. The minimum atomic E-state index is -4.72. The molecule has 4 fully saturated rings. The number of nitro benzene ring substituents is 1. The van der Waals surface area contributed by atoms with Crippen molar-refractivity contribution in [2.75, 3.05) is 0 Å².